The maximum atomic E-state index is 13.6. The molecule has 27 heavy (non-hydrogen) atoms. The standard InChI is InChI=1S/C20H17ClFNO3S/c1-26-19-8-10-20(11-9-19)27(24,25)23(18-7-3-5-16(21)13-18)14-15-4-2-6-17(22)12-15/h2-13H,14H2,1H3. The molecule has 3 aromatic carbocycles. The van der Waals surface area contributed by atoms with E-state index in [1.165, 1.54) is 35.7 Å². The van der Waals surface area contributed by atoms with Crippen LogP contribution in [0.4, 0.5) is 10.1 Å². The smallest absolute Gasteiger partial charge is 0.264 e. The van der Waals surface area contributed by atoms with E-state index in [0.29, 0.717) is 22.0 Å². The molecular formula is C20H17ClFNO3S. The molecule has 0 spiro atoms. The Hall–Kier alpha value is -2.57. The lowest BCUT2D eigenvalue weighted by molar-refractivity contribution is 0.414. The van der Waals surface area contributed by atoms with Crippen molar-refractivity contribution in [2.45, 2.75) is 11.4 Å². The van der Waals surface area contributed by atoms with E-state index in [9.17, 15) is 12.8 Å². The molecule has 0 bridgehead atoms. The lowest BCUT2D eigenvalue weighted by atomic mass is 10.2. The Morgan fingerprint density at radius 2 is 1.70 bits per heavy atom. The van der Waals surface area contributed by atoms with Gasteiger partial charge in [-0.15, -0.1) is 0 Å². The van der Waals surface area contributed by atoms with E-state index in [-0.39, 0.29) is 11.4 Å². The first-order chi connectivity index (χ1) is 12.9. The highest BCUT2D eigenvalue weighted by Crippen LogP contribution is 2.29. The summed E-state index contributed by atoms with van der Waals surface area (Å²) in [4.78, 5) is 0.0969. The summed E-state index contributed by atoms with van der Waals surface area (Å²) in [6, 6.07) is 18.4. The summed E-state index contributed by atoms with van der Waals surface area (Å²) >= 11 is 6.05. The van der Waals surface area contributed by atoms with E-state index in [1.54, 1.807) is 48.5 Å². The zero-order chi connectivity index (χ0) is 19.4. The molecule has 3 aromatic rings. The van der Waals surface area contributed by atoms with Gasteiger partial charge in [0.05, 0.1) is 24.2 Å². The maximum absolute atomic E-state index is 13.6. The number of halogens is 2. The molecule has 0 aromatic heterocycles. The summed E-state index contributed by atoms with van der Waals surface area (Å²) in [5.74, 6) is 0.119. The van der Waals surface area contributed by atoms with Crippen molar-refractivity contribution in [2.24, 2.45) is 0 Å². The minimum absolute atomic E-state index is 0.0353. The highest BCUT2D eigenvalue weighted by Gasteiger charge is 2.25. The fraction of sp³-hybridized carbons (Fsp3) is 0.100. The van der Waals surface area contributed by atoms with Gasteiger partial charge in [-0.1, -0.05) is 29.8 Å². The van der Waals surface area contributed by atoms with Gasteiger partial charge in [-0.3, -0.25) is 4.31 Å². The van der Waals surface area contributed by atoms with Gasteiger partial charge in [-0.25, -0.2) is 12.8 Å². The summed E-state index contributed by atoms with van der Waals surface area (Å²) in [7, 11) is -2.40. The molecule has 0 aliphatic carbocycles. The quantitative estimate of drug-likeness (QED) is 0.587. The van der Waals surface area contributed by atoms with E-state index >= 15 is 0 Å². The minimum Gasteiger partial charge on any atom is -0.497 e. The Morgan fingerprint density at radius 1 is 1.00 bits per heavy atom. The van der Waals surface area contributed by atoms with Crippen LogP contribution in [0.2, 0.25) is 5.02 Å². The molecule has 7 heteroatoms. The van der Waals surface area contributed by atoms with Gasteiger partial charge in [0.15, 0.2) is 0 Å². The number of hydrogen-bond acceptors (Lipinski definition) is 3. The maximum Gasteiger partial charge on any atom is 0.264 e. The number of rotatable bonds is 6. The summed E-state index contributed by atoms with van der Waals surface area (Å²) in [6.45, 7) is -0.0353. The van der Waals surface area contributed by atoms with Gasteiger partial charge in [0.2, 0.25) is 0 Å². The Bertz CT molecular complexity index is 1040. The third-order valence-electron chi connectivity index (χ3n) is 3.96. The number of methoxy groups -OCH3 is 1. The van der Waals surface area contributed by atoms with Crippen molar-refractivity contribution in [3.05, 3.63) is 89.2 Å². The number of sulfonamides is 1. The Labute approximate surface area is 162 Å². The van der Waals surface area contributed by atoms with Crippen molar-refractivity contribution >= 4 is 27.3 Å². The van der Waals surface area contributed by atoms with E-state index in [1.807, 2.05) is 0 Å². The molecule has 0 N–H and O–H groups in total. The second-order valence-electron chi connectivity index (χ2n) is 5.80. The molecule has 4 nitrogen and oxygen atoms in total. The lowest BCUT2D eigenvalue weighted by Gasteiger charge is -2.25. The van der Waals surface area contributed by atoms with Crippen LogP contribution in [0.25, 0.3) is 0 Å². The fourth-order valence-electron chi connectivity index (χ4n) is 2.62. The first-order valence-corrected chi connectivity index (χ1v) is 9.89. The molecule has 3 rings (SSSR count). The number of hydrogen-bond donors (Lipinski definition) is 0. The molecule has 0 atom stereocenters. The van der Waals surface area contributed by atoms with Crippen LogP contribution >= 0.6 is 11.6 Å². The molecule has 0 radical (unpaired) electrons. The van der Waals surface area contributed by atoms with Gasteiger partial charge in [-0.05, 0) is 60.2 Å². The number of ether oxygens (including phenoxy) is 1. The van der Waals surface area contributed by atoms with E-state index in [0.717, 1.165) is 0 Å². The zero-order valence-corrected chi connectivity index (χ0v) is 16.0. The van der Waals surface area contributed by atoms with Crippen molar-refractivity contribution in [3.63, 3.8) is 0 Å². The van der Waals surface area contributed by atoms with E-state index in [4.69, 9.17) is 16.3 Å². The number of benzene rings is 3. The number of anilines is 1. The van der Waals surface area contributed by atoms with Gasteiger partial charge in [0.25, 0.3) is 10.0 Å². The van der Waals surface area contributed by atoms with Crippen molar-refractivity contribution in [3.8, 4) is 5.75 Å². The zero-order valence-electron chi connectivity index (χ0n) is 14.5. The molecule has 0 saturated carbocycles. The number of nitrogens with zero attached hydrogens (tertiary/aromatic N) is 1. The van der Waals surface area contributed by atoms with Crippen molar-refractivity contribution < 1.29 is 17.5 Å². The van der Waals surface area contributed by atoms with Crippen LogP contribution in [0.15, 0.2) is 77.7 Å². The average Bonchev–Trinajstić information content (AvgIpc) is 2.66. The molecule has 0 fully saturated rings. The third kappa shape index (κ3) is 4.40. The predicted octanol–water partition coefficient (Wildman–Crippen LogP) is 4.88. The summed E-state index contributed by atoms with van der Waals surface area (Å²) in [5.41, 5.74) is 0.912. The second kappa shape index (κ2) is 7.98. The van der Waals surface area contributed by atoms with Gasteiger partial charge in [0, 0.05) is 5.02 Å². The van der Waals surface area contributed by atoms with Crippen molar-refractivity contribution in [2.75, 3.05) is 11.4 Å². The highest BCUT2D eigenvalue weighted by atomic mass is 35.5. The molecule has 0 aliphatic rings. The first-order valence-electron chi connectivity index (χ1n) is 8.07. The van der Waals surface area contributed by atoms with Gasteiger partial charge in [-0.2, -0.15) is 0 Å². The minimum atomic E-state index is -3.91. The molecule has 0 unspecified atom stereocenters. The van der Waals surface area contributed by atoms with Gasteiger partial charge in [0.1, 0.15) is 11.6 Å². The molecule has 0 amide bonds. The van der Waals surface area contributed by atoms with Crippen LogP contribution in [0.3, 0.4) is 0 Å². The summed E-state index contributed by atoms with van der Waals surface area (Å²) in [5, 5.41) is 0.404. The SMILES string of the molecule is COc1ccc(S(=O)(=O)N(Cc2cccc(F)c2)c2cccc(Cl)c2)cc1. The predicted molar refractivity (Wildman–Crippen MR) is 104 cm³/mol. The Morgan fingerprint density at radius 3 is 2.33 bits per heavy atom. The largest absolute Gasteiger partial charge is 0.497 e. The fourth-order valence-corrected chi connectivity index (χ4v) is 4.25. The molecular weight excluding hydrogens is 389 g/mol. The molecule has 0 aliphatic heterocycles. The molecule has 0 heterocycles. The average molecular weight is 406 g/mol. The van der Waals surface area contributed by atoms with Gasteiger partial charge >= 0.3 is 0 Å². The second-order valence-corrected chi connectivity index (χ2v) is 8.10. The topological polar surface area (TPSA) is 46.6 Å². The highest BCUT2D eigenvalue weighted by molar-refractivity contribution is 7.92. The van der Waals surface area contributed by atoms with E-state index < -0.39 is 15.8 Å². The normalized spacial score (nSPS) is 11.2. The van der Waals surface area contributed by atoms with Crippen LogP contribution in [-0.2, 0) is 16.6 Å². The van der Waals surface area contributed by atoms with Crippen LogP contribution in [0.1, 0.15) is 5.56 Å². The molecule has 140 valence electrons. The van der Waals surface area contributed by atoms with E-state index in [2.05, 4.69) is 0 Å². The Balaban J connectivity index is 2.07. The lowest BCUT2D eigenvalue weighted by Crippen LogP contribution is -2.30. The van der Waals surface area contributed by atoms with Crippen molar-refractivity contribution in [1.82, 2.24) is 0 Å². The van der Waals surface area contributed by atoms with Crippen LogP contribution in [-0.4, -0.2) is 15.5 Å². The van der Waals surface area contributed by atoms with Crippen LogP contribution in [0, 0.1) is 5.82 Å². The summed E-state index contributed by atoms with van der Waals surface area (Å²) < 4.78 is 46.4. The van der Waals surface area contributed by atoms with Gasteiger partial charge < -0.3 is 4.74 Å². The van der Waals surface area contributed by atoms with Crippen LogP contribution in [0.5, 0.6) is 5.75 Å². The molecule has 0 saturated heterocycles. The van der Waals surface area contributed by atoms with Crippen molar-refractivity contribution in [1.29, 1.82) is 0 Å². The third-order valence-corrected chi connectivity index (χ3v) is 5.98. The van der Waals surface area contributed by atoms with Crippen LogP contribution < -0.4 is 9.04 Å². The Kier molecular flexibility index (Phi) is 5.68. The monoisotopic (exact) mass is 405 g/mol. The first kappa shape index (κ1) is 19.2. The summed E-state index contributed by atoms with van der Waals surface area (Å²) in [6.07, 6.45) is 0.